The summed E-state index contributed by atoms with van der Waals surface area (Å²) < 4.78 is 5.28. The van der Waals surface area contributed by atoms with E-state index in [0.29, 0.717) is 18.1 Å². The Bertz CT molecular complexity index is 817. The highest BCUT2D eigenvalue weighted by atomic mass is 16.3. The Morgan fingerprint density at radius 3 is 2.36 bits per heavy atom. The van der Waals surface area contributed by atoms with Gasteiger partial charge in [-0.25, -0.2) is 4.98 Å². The number of rotatable bonds is 4. The van der Waals surface area contributed by atoms with E-state index in [0.717, 1.165) is 5.56 Å². The van der Waals surface area contributed by atoms with Crippen molar-refractivity contribution in [2.45, 2.75) is 32.7 Å². The van der Waals surface area contributed by atoms with E-state index in [-0.39, 0.29) is 11.3 Å². The van der Waals surface area contributed by atoms with Gasteiger partial charge >= 0.3 is 0 Å². The maximum atomic E-state index is 12.8. The van der Waals surface area contributed by atoms with Gasteiger partial charge in [0.1, 0.15) is 5.82 Å². The molecule has 25 heavy (non-hydrogen) atoms. The van der Waals surface area contributed by atoms with E-state index in [9.17, 15) is 4.79 Å². The number of hydrogen-bond acceptors (Lipinski definition) is 3. The van der Waals surface area contributed by atoms with Crippen LogP contribution in [-0.4, -0.2) is 10.9 Å². The van der Waals surface area contributed by atoms with Crippen molar-refractivity contribution in [1.82, 2.24) is 4.98 Å². The van der Waals surface area contributed by atoms with Gasteiger partial charge in [0.25, 0.3) is 5.91 Å². The second kappa shape index (κ2) is 6.93. The van der Waals surface area contributed by atoms with Crippen LogP contribution < -0.4 is 4.90 Å². The summed E-state index contributed by atoms with van der Waals surface area (Å²) in [5, 5.41) is 0. The topological polar surface area (TPSA) is 46.3 Å². The first-order valence-electron chi connectivity index (χ1n) is 8.31. The molecule has 4 nitrogen and oxygen atoms in total. The van der Waals surface area contributed by atoms with E-state index >= 15 is 0 Å². The molecule has 0 spiro atoms. The molecule has 1 aromatic carbocycles. The highest BCUT2D eigenvalue weighted by Gasteiger charge is 2.21. The Kier molecular flexibility index (Phi) is 4.70. The van der Waals surface area contributed by atoms with Crippen LogP contribution in [0.15, 0.2) is 71.5 Å². The average Bonchev–Trinajstić information content (AvgIpc) is 3.14. The average molecular weight is 334 g/mol. The summed E-state index contributed by atoms with van der Waals surface area (Å²) in [5.41, 5.74) is 2.40. The standard InChI is InChI=1S/C21H22N2O2/c1-21(2,3)17-11-9-16(10-12-17)15-23(19-8-4-5-13-22-19)20(24)18-7-6-14-25-18/h4-14H,15H2,1-3H3. The molecule has 0 unspecified atom stereocenters. The largest absolute Gasteiger partial charge is 0.459 e. The van der Waals surface area contributed by atoms with Gasteiger partial charge in [0.05, 0.1) is 12.8 Å². The van der Waals surface area contributed by atoms with Gasteiger partial charge in [-0.3, -0.25) is 9.69 Å². The molecule has 128 valence electrons. The Balaban J connectivity index is 1.89. The molecule has 1 amide bonds. The lowest BCUT2D eigenvalue weighted by Crippen LogP contribution is -2.30. The maximum absolute atomic E-state index is 12.8. The summed E-state index contributed by atoms with van der Waals surface area (Å²) in [5.74, 6) is 0.698. The quantitative estimate of drug-likeness (QED) is 0.687. The van der Waals surface area contributed by atoms with Gasteiger partial charge in [-0.2, -0.15) is 0 Å². The summed E-state index contributed by atoms with van der Waals surface area (Å²) in [7, 11) is 0. The molecule has 3 aromatic rings. The van der Waals surface area contributed by atoms with E-state index in [4.69, 9.17) is 4.42 Å². The van der Waals surface area contributed by atoms with E-state index in [1.807, 2.05) is 18.2 Å². The number of nitrogens with zero attached hydrogens (tertiary/aromatic N) is 2. The van der Waals surface area contributed by atoms with Crippen molar-refractivity contribution < 1.29 is 9.21 Å². The van der Waals surface area contributed by atoms with Crippen molar-refractivity contribution in [1.29, 1.82) is 0 Å². The van der Waals surface area contributed by atoms with Crippen LogP contribution in [0.4, 0.5) is 5.82 Å². The summed E-state index contributed by atoms with van der Waals surface area (Å²) in [6, 6.07) is 17.3. The van der Waals surface area contributed by atoms with Gasteiger partial charge in [0, 0.05) is 6.20 Å². The van der Waals surface area contributed by atoms with Crippen molar-refractivity contribution in [2.75, 3.05) is 4.90 Å². The highest BCUT2D eigenvalue weighted by Crippen LogP contribution is 2.24. The number of anilines is 1. The molecule has 0 aliphatic rings. The lowest BCUT2D eigenvalue weighted by atomic mass is 9.87. The maximum Gasteiger partial charge on any atom is 0.295 e. The van der Waals surface area contributed by atoms with Gasteiger partial charge in [0.15, 0.2) is 5.76 Å². The molecule has 0 radical (unpaired) electrons. The van der Waals surface area contributed by atoms with Crippen molar-refractivity contribution in [3.8, 4) is 0 Å². The van der Waals surface area contributed by atoms with Crippen molar-refractivity contribution in [3.05, 3.63) is 83.9 Å². The predicted octanol–water partition coefficient (Wildman–Crippen LogP) is 4.82. The summed E-state index contributed by atoms with van der Waals surface area (Å²) in [6.45, 7) is 6.98. The van der Waals surface area contributed by atoms with E-state index in [1.54, 1.807) is 23.2 Å². The van der Waals surface area contributed by atoms with Crippen LogP contribution in [0, 0.1) is 0 Å². The minimum absolute atomic E-state index is 0.100. The fourth-order valence-corrected chi connectivity index (χ4v) is 2.60. The van der Waals surface area contributed by atoms with Gasteiger partial charge in [-0.15, -0.1) is 0 Å². The molecule has 0 aliphatic heterocycles. The Morgan fingerprint density at radius 1 is 1.04 bits per heavy atom. The fourth-order valence-electron chi connectivity index (χ4n) is 2.60. The minimum Gasteiger partial charge on any atom is -0.459 e. The molecular formula is C21H22N2O2. The number of furan rings is 1. The van der Waals surface area contributed by atoms with Crippen LogP contribution in [-0.2, 0) is 12.0 Å². The van der Waals surface area contributed by atoms with Crippen LogP contribution >= 0.6 is 0 Å². The second-order valence-corrected chi connectivity index (χ2v) is 7.00. The molecule has 0 saturated heterocycles. The number of carbonyl (C=O) groups excluding carboxylic acids is 1. The summed E-state index contributed by atoms with van der Waals surface area (Å²) in [6.07, 6.45) is 3.18. The van der Waals surface area contributed by atoms with Gasteiger partial charge in [-0.1, -0.05) is 51.1 Å². The van der Waals surface area contributed by atoms with Crippen molar-refractivity contribution in [3.63, 3.8) is 0 Å². The lowest BCUT2D eigenvalue weighted by Gasteiger charge is -2.22. The molecule has 0 atom stereocenters. The number of hydrogen-bond donors (Lipinski definition) is 0. The molecule has 0 fully saturated rings. The third-order valence-corrected chi connectivity index (χ3v) is 4.06. The SMILES string of the molecule is CC(C)(C)c1ccc(CN(C(=O)c2ccco2)c2ccccn2)cc1. The molecule has 0 aliphatic carbocycles. The second-order valence-electron chi connectivity index (χ2n) is 7.00. The number of pyridine rings is 1. The highest BCUT2D eigenvalue weighted by molar-refractivity contribution is 6.03. The minimum atomic E-state index is -0.205. The molecule has 3 rings (SSSR count). The van der Waals surface area contributed by atoms with Gasteiger partial charge < -0.3 is 4.42 Å². The Labute approximate surface area is 148 Å². The van der Waals surface area contributed by atoms with Gasteiger partial charge in [-0.05, 0) is 40.8 Å². The number of aromatic nitrogens is 1. The third-order valence-electron chi connectivity index (χ3n) is 4.06. The van der Waals surface area contributed by atoms with Crippen LogP contribution in [0.25, 0.3) is 0 Å². The van der Waals surface area contributed by atoms with E-state index in [1.165, 1.54) is 11.8 Å². The Hall–Kier alpha value is -2.88. The van der Waals surface area contributed by atoms with Crippen LogP contribution in [0.5, 0.6) is 0 Å². The number of carbonyl (C=O) groups is 1. The summed E-state index contributed by atoms with van der Waals surface area (Å²) >= 11 is 0. The van der Waals surface area contributed by atoms with Crippen LogP contribution in [0.3, 0.4) is 0 Å². The molecule has 2 heterocycles. The number of amides is 1. The zero-order valence-electron chi connectivity index (χ0n) is 14.8. The van der Waals surface area contributed by atoms with Crippen LogP contribution in [0.1, 0.15) is 42.5 Å². The van der Waals surface area contributed by atoms with Crippen molar-refractivity contribution in [2.24, 2.45) is 0 Å². The lowest BCUT2D eigenvalue weighted by molar-refractivity contribution is 0.0957. The molecule has 0 N–H and O–H groups in total. The van der Waals surface area contributed by atoms with Crippen LogP contribution in [0.2, 0.25) is 0 Å². The van der Waals surface area contributed by atoms with Crippen molar-refractivity contribution >= 4 is 11.7 Å². The first kappa shape index (κ1) is 17.0. The first-order chi connectivity index (χ1) is 11.9. The molecule has 0 saturated carbocycles. The first-order valence-corrected chi connectivity index (χ1v) is 8.31. The predicted molar refractivity (Wildman–Crippen MR) is 98.6 cm³/mol. The normalized spacial score (nSPS) is 11.3. The number of benzene rings is 1. The van der Waals surface area contributed by atoms with E-state index in [2.05, 4.69) is 50.0 Å². The fraction of sp³-hybridized carbons (Fsp3) is 0.238. The zero-order chi connectivity index (χ0) is 17.9. The van der Waals surface area contributed by atoms with E-state index < -0.39 is 0 Å². The summed E-state index contributed by atoms with van der Waals surface area (Å²) in [4.78, 5) is 18.8. The van der Waals surface area contributed by atoms with Gasteiger partial charge in [0.2, 0.25) is 0 Å². The smallest absolute Gasteiger partial charge is 0.295 e. The third kappa shape index (κ3) is 3.97. The monoisotopic (exact) mass is 334 g/mol. The molecular weight excluding hydrogens is 312 g/mol. The zero-order valence-corrected chi connectivity index (χ0v) is 14.8. The molecule has 0 bridgehead atoms. The molecule has 2 aromatic heterocycles. The Morgan fingerprint density at radius 2 is 1.80 bits per heavy atom. The molecule has 4 heteroatoms.